The predicted molar refractivity (Wildman–Crippen MR) is 208 cm³/mol. The lowest BCUT2D eigenvalue weighted by atomic mass is 9.96. The van der Waals surface area contributed by atoms with E-state index in [4.69, 9.17) is 0 Å². The molecule has 0 rings (SSSR count). The topological polar surface area (TPSA) is 207 Å². The summed E-state index contributed by atoms with van der Waals surface area (Å²) < 4.78 is 24.9. The molecule has 0 aromatic carbocycles. The first-order valence-electron chi connectivity index (χ1n) is 19.2. The molecule has 15 nitrogen and oxygen atoms in total. The van der Waals surface area contributed by atoms with Crippen molar-refractivity contribution < 1.29 is 42.3 Å². The lowest BCUT2D eigenvalue weighted by molar-refractivity contribution is -0.139. The average Bonchev–Trinajstić information content (AvgIpc) is 3.01. The molecule has 0 fully saturated rings. The van der Waals surface area contributed by atoms with Gasteiger partial charge in [0, 0.05) is 32.5 Å². The Kier molecular flexibility index (Phi) is 21.6. The van der Waals surface area contributed by atoms with E-state index in [-0.39, 0.29) is 69.0 Å². The smallest absolute Gasteiger partial charge is 0.251 e. The third-order valence-corrected chi connectivity index (χ3v) is 8.54. The van der Waals surface area contributed by atoms with E-state index in [1.165, 1.54) is 39.6 Å². The Morgan fingerprint density at radius 2 is 1.07 bits per heavy atom. The highest BCUT2D eigenvalue weighted by Gasteiger charge is 2.39. The van der Waals surface area contributed by atoms with Gasteiger partial charge in [-0.25, -0.2) is 8.78 Å². The van der Waals surface area contributed by atoms with Gasteiger partial charge >= 0.3 is 0 Å². The molecule has 0 aliphatic rings. The van der Waals surface area contributed by atoms with Crippen molar-refractivity contribution in [3.05, 3.63) is 0 Å². The normalized spacial score (nSPS) is 13.4. The number of carbonyl (C=O) groups is 7. The first-order valence-corrected chi connectivity index (χ1v) is 19.2. The molecule has 0 aliphatic heterocycles. The van der Waals surface area contributed by atoms with E-state index in [1.807, 2.05) is 41.5 Å². The summed E-state index contributed by atoms with van der Waals surface area (Å²) >= 11 is 0. The minimum Gasteiger partial charge on any atom is -0.355 e. The molecule has 0 radical (unpaired) electrons. The molecule has 318 valence electrons. The molecule has 7 N–H and O–H groups in total. The van der Waals surface area contributed by atoms with Crippen LogP contribution in [0.15, 0.2) is 0 Å². The number of amides is 7. The van der Waals surface area contributed by atoms with Crippen LogP contribution in [0.25, 0.3) is 0 Å². The molecule has 0 saturated carbocycles. The van der Waals surface area contributed by atoms with Gasteiger partial charge in [-0.3, -0.25) is 38.5 Å². The van der Waals surface area contributed by atoms with Crippen LogP contribution in [0.1, 0.15) is 115 Å². The summed E-state index contributed by atoms with van der Waals surface area (Å²) in [5.41, 5.74) is -4.31. The number of carbonyl (C=O) groups excluding carboxylic acids is 7. The van der Waals surface area contributed by atoms with Crippen LogP contribution in [-0.4, -0.2) is 115 Å². The highest BCUT2D eigenvalue weighted by atomic mass is 19.3. The molecule has 0 heterocycles. The van der Waals surface area contributed by atoms with Gasteiger partial charge in [0.25, 0.3) is 6.43 Å². The van der Waals surface area contributed by atoms with Crippen molar-refractivity contribution in [2.45, 2.75) is 150 Å². The van der Waals surface area contributed by atoms with Crippen LogP contribution in [0.3, 0.4) is 0 Å². The SMILES string of the molecule is CC(C)CCC(=O)NC(C)(C)C(=O)N[C@@H](CC(C)C)C(=O)N[C@@H](CC(C)C)C(=O)NC(C)(C)C(=O)NC(C)(C)C(=O)NCCC(=O)NCCN(C)CC(F)F. The number of likely N-dealkylation sites (N-methyl/N-ethyl adjacent to an activating group) is 1. The van der Waals surface area contributed by atoms with E-state index >= 15 is 0 Å². The number of halogens is 2. The fourth-order valence-corrected chi connectivity index (χ4v) is 5.17. The Morgan fingerprint density at radius 3 is 1.58 bits per heavy atom. The molecule has 0 aromatic rings. The average molecular weight is 789 g/mol. The second-order valence-corrected chi connectivity index (χ2v) is 17.2. The molecule has 7 amide bonds. The van der Waals surface area contributed by atoms with Crippen LogP contribution in [0.5, 0.6) is 0 Å². The maximum absolute atomic E-state index is 13.7. The summed E-state index contributed by atoms with van der Waals surface area (Å²) in [7, 11) is 1.51. The molecule has 0 aromatic heterocycles. The Balaban J connectivity index is 5.53. The summed E-state index contributed by atoms with van der Waals surface area (Å²) in [6.07, 6.45) is -1.18. The Labute approximate surface area is 326 Å². The van der Waals surface area contributed by atoms with Gasteiger partial charge in [-0.05, 0) is 85.6 Å². The monoisotopic (exact) mass is 789 g/mol. The van der Waals surface area contributed by atoms with E-state index in [9.17, 15) is 42.3 Å². The van der Waals surface area contributed by atoms with Crippen LogP contribution in [0.2, 0.25) is 0 Å². The van der Waals surface area contributed by atoms with E-state index in [0.717, 1.165) is 0 Å². The van der Waals surface area contributed by atoms with Gasteiger partial charge in [-0.2, -0.15) is 0 Å². The van der Waals surface area contributed by atoms with Gasteiger partial charge in [0.1, 0.15) is 28.7 Å². The maximum Gasteiger partial charge on any atom is 0.251 e. The summed E-state index contributed by atoms with van der Waals surface area (Å²) in [6.45, 7) is 20.3. The number of hydrogen-bond acceptors (Lipinski definition) is 8. The first-order chi connectivity index (χ1) is 25.1. The summed E-state index contributed by atoms with van der Waals surface area (Å²) in [5.74, 6) is -3.51. The fourth-order valence-electron chi connectivity index (χ4n) is 5.17. The van der Waals surface area contributed by atoms with Crippen LogP contribution < -0.4 is 37.2 Å². The predicted octanol–water partition coefficient (Wildman–Crippen LogP) is 1.99. The fraction of sp³-hybridized carbons (Fsp3) is 0.816. The zero-order valence-corrected chi connectivity index (χ0v) is 35.4. The third-order valence-electron chi connectivity index (χ3n) is 8.54. The Bertz CT molecular complexity index is 1310. The zero-order chi connectivity index (χ0) is 42.9. The third kappa shape index (κ3) is 21.1. The van der Waals surface area contributed by atoms with Gasteiger partial charge < -0.3 is 37.2 Å². The number of nitrogens with zero attached hydrogens (tertiary/aromatic N) is 1. The van der Waals surface area contributed by atoms with E-state index in [1.54, 1.807) is 13.8 Å². The van der Waals surface area contributed by atoms with Crippen molar-refractivity contribution in [2.75, 3.05) is 33.2 Å². The first kappa shape index (κ1) is 51.1. The van der Waals surface area contributed by atoms with Gasteiger partial charge in [-0.15, -0.1) is 0 Å². The van der Waals surface area contributed by atoms with Crippen LogP contribution >= 0.6 is 0 Å². The molecule has 0 unspecified atom stereocenters. The standard InChI is InChI=1S/C38H70F2N8O7/c1-23(2)14-15-30(50)45-37(9,10)34(54)44-26(20-24(3)4)31(51)43-27(21-25(5)6)32(52)46-38(11,12)35(55)47-36(7,8)33(53)42-17-16-29(49)41-18-19-48(13)22-28(39)40/h23-28H,14-22H2,1-13H3,(H,41,49)(H,42,53)(H,43,51)(H,44,54)(H,45,50)(H,46,52)(H,47,55)/t26-,27-/m0/s1. The van der Waals surface area contributed by atoms with Crippen molar-refractivity contribution in [1.82, 2.24) is 42.1 Å². The molecule has 55 heavy (non-hydrogen) atoms. The van der Waals surface area contributed by atoms with E-state index in [2.05, 4.69) is 37.2 Å². The lowest BCUT2D eigenvalue weighted by Gasteiger charge is -2.33. The molecule has 17 heteroatoms. The summed E-state index contributed by atoms with van der Waals surface area (Å²) in [6, 6.07) is -2.11. The van der Waals surface area contributed by atoms with Gasteiger partial charge in [0.05, 0.1) is 6.54 Å². The van der Waals surface area contributed by atoms with Crippen molar-refractivity contribution in [2.24, 2.45) is 17.8 Å². The molecule has 0 spiro atoms. The second-order valence-electron chi connectivity index (χ2n) is 17.2. The zero-order valence-electron chi connectivity index (χ0n) is 35.4. The molecular weight excluding hydrogens is 718 g/mol. The van der Waals surface area contributed by atoms with E-state index in [0.29, 0.717) is 12.3 Å². The molecular formula is C38H70F2N8O7. The van der Waals surface area contributed by atoms with Crippen LogP contribution in [0, 0.1) is 17.8 Å². The maximum atomic E-state index is 13.7. The van der Waals surface area contributed by atoms with Crippen molar-refractivity contribution in [3.8, 4) is 0 Å². The highest BCUT2D eigenvalue weighted by Crippen LogP contribution is 2.14. The van der Waals surface area contributed by atoms with Gasteiger partial charge in [0.15, 0.2) is 0 Å². The van der Waals surface area contributed by atoms with Gasteiger partial charge in [-0.1, -0.05) is 41.5 Å². The number of rotatable bonds is 25. The summed E-state index contributed by atoms with van der Waals surface area (Å²) in [5, 5.41) is 18.7. The Morgan fingerprint density at radius 1 is 0.564 bits per heavy atom. The minimum atomic E-state index is -2.48. The Hall–Kier alpha value is -3.89. The number of alkyl halides is 2. The quantitative estimate of drug-likeness (QED) is 0.0727. The largest absolute Gasteiger partial charge is 0.355 e. The van der Waals surface area contributed by atoms with Gasteiger partial charge in [0.2, 0.25) is 41.4 Å². The summed E-state index contributed by atoms with van der Waals surface area (Å²) in [4.78, 5) is 93.0. The second kappa shape index (κ2) is 23.2. The molecule has 2 atom stereocenters. The number of hydrogen-bond donors (Lipinski definition) is 7. The van der Waals surface area contributed by atoms with Crippen molar-refractivity contribution in [1.29, 1.82) is 0 Å². The molecule has 0 aliphatic carbocycles. The van der Waals surface area contributed by atoms with Crippen LogP contribution in [0.4, 0.5) is 8.78 Å². The van der Waals surface area contributed by atoms with Crippen LogP contribution in [-0.2, 0) is 33.6 Å². The highest BCUT2D eigenvalue weighted by molar-refractivity contribution is 5.98. The number of nitrogens with one attached hydrogen (secondary N) is 7. The van der Waals surface area contributed by atoms with E-state index < -0.39 is 71.2 Å². The van der Waals surface area contributed by atoms with Crippen molar-refractivity contribution in [3.63, 3.8) is 0 Å². The minimum absolute atomic E-state index is 0.0169. The lowest BCUT2D eigenvalue weighted by Crippen LogP contribution is -2.65. The molecule has 0 bridgehead atoms. The van der Waals surface area contributed by atoms with Crippen molar-refractivity contribution >= 4 is 41.4 Å². The molecule has 0 saturated heterocycles.